The molecule has 26 heavy (non-hydrogen) atoms. The number of hydrogen-bond donors (Lipinski definition) is 0. The molecule has 2 aliphatic heterocycles. The molecule has 2 heterocycles. The Labute approximate surface area is 152 Å². The summed E-state index contributed by atoms with van der Waals surface area (Å²) in [5.41, 5.74) is -0.367. The Bertz CT molecular complexity index is 877. The van der Waals surface area contributed by atoms with Gasteiger partial charge in [0.05, 0.1) is 23.1 Å². The fraction of sp³-hybridized carbons (Fsp3) is 0.500. The maximum Gasteiger partial charge on any atom is 0.416 e. The average molecular weight is 404 g/mol. The molecule has 1 aromatic carbocycles. The number of aliphatic imine (C=N–C) groups is 1. The summed E-state index contributed by atoms with van der Waals surface area (Å²) < 4.78 is 62.3. The summed E-state index contributed by atoms with van der Waals surface area (Å²) >= 11 is 1.22. The first-order chi connectivity index (χ1) is 12.1. The Morgan fingerprint density at radius 1 is 1.15 bits per heavy atom. The van der Waals surface area contributed by atoms with Crippen molar-refractivity contribution in [2.45, 2.75) is 30.3 Å². The normalized spacial score (nSPS) is 29.2. The molecule has 2 unspecified atom stereocenters. The predicted octanol–water partition coefficient (Wildman–Crippen LogP) is 2.72. The molecule has 140 valence electrons. The summed E-state index contributed by atoms with van der Waals surface area (Å²) in [5.74, 6) is -0.438. The van der Waals surface area contributed by atoms with Crippen molar-refractivity contribution >= 4 is 38.4 Å². The zero-order chi connectivity index (χ0) is 18.7. The standard InChI is InChI=1S/C16H15F3N2O3S2/c17-16(18,19)10-3-5-11(6-4-10)21-12-7-26(23,24)8-13(12)25-15(21)20-14(22)9-1-2-9/h3-6,9,12-13H,1-2,7-8H2. The van der Waals surface area contributed by atoms with E-state index in [1.54, 1.807) is 4.90 Å². The van der Waals surface area contributed by atoms with E-state index in [1.165, 1.54) is 23.9 Å². The highest BCUT2D eigenvalue weighted by Crippen LogP contribution is 2.42. The fourth-order valence-electron chi connectivity index (χ4n) is 3.19. The van der Waals surface area contributed by atoms with Gasteiger partial charge in [0.1, 0.15) is 0 Å². The van der Waals surface area contributed by atoms with Gasteiger partial charge in [-0.05, 0) is 37.1 Å². The lowest BCUT2D eigenvalue weighted by atomic mass is 10.1. The predicted molar refractivity (Wildman–Crippen MR) is 92.9 cm³/mol. The van der Waals surface area contributed by atoms with Crippen LogP contribution in [0.2, 0.25) is 0 Å². The van der Waals surface area contributed by atoms with Gasteiger partial charge in [-0.2, -0.15) is 18.2 Å². The van der Waals surface area contributed by atoms with Gasteiger partial charge in [0, 0.05) is 16.9 Å². The first kappa shape index (κ1) is 17.8. The summed E-state index contributed by atoms with van der Waals surface area (Å²) in [6.45, 7) is 0. The number of nitrogens with zero attached hydrogens (tertiary/aromatic N) is 2. The lowest BCUT2D eigenvalue weighted by molar-refractivity contribution is -0.137. The van der Waals surface area contributed by atoms with Crippen molar-refractivity contribution in [2.24, 2.45) is 10.9 Å². The maximum atomic E-state index is 12.8. The Hall–Kier alpha value is -1.55. The zero-order valence-corrected chi connectivity index (χ0v) is 15.1. The number of hydrogen-bond acceptors (Lipinski definition) is 4. The number of halogens is 3. The second kappa shape index (κ2) is 5.98. The largest absolute Gasteiger partial charge is 0.416 e. The lowest BCUT2D eigenvalue weighted by Crippen LogP contribution is -2.37. The van der Waals surface area contributed by atoms with Crippen LogP contribution in [0.5, 0.6) is 0 Å². The van der Waals surface area contributed by atoms with Crippen LogP contribution in [-0.4, -0.2) is 42.3 Å². The topological polar surface area (TPSA) is 66.8 Å². The molecule has 2 saturated heterocycles. The minimum Gasteiger partial charge on any atom is -0.316 e. The SMILES string of the molecule is O=C(N=C1SC2CS(=O)(=O)CC2N1c1ccc(C(F)(F)F)cc1)C1CC1. The van der Waals surface area contributed by atoms with Crippen LogP contribution in [-0.2, 0) is 20.8 Å². The number of amides is 1. The molecule has 1 aromatic rings. The molecule has 3 fully saturated rings. The van der Waals surface area contributed by atoms with E-state index in [0.29, 0.717) is 10.9 Å². The second-order valence-electron chi connectivity index (χ2n) is 6.72. The van der Waals surface area contributed by atoms with E-state index < -0.39 is 27.6 Å². The first-order valence-electron chi connectivity index (χ1n) is 8.10. The number of amidine groups is 1. The van der Waals surface area contributed by atoms with Crippen molar-refractivity contribution in [3.05, 3.63) is 29.8 Å². The van der Waals surface area contributed by atoms with Crippen LogP contribution in [0, 0.1) is 5.92 Å². The maximum absolute atomic E-state index is 12.8. The summed E-state index contributed by atoms with van der Waals surface area (Å²) in [5, 5.41) is 0.111. The highest BCUT2D eigenvalue weighted by molar-refractivity contribution is 8.16. The smallest absolute Gasteiger partial charge is 0.316 e. The van der Waals surface area contributed by atoms with Gasteiger partial charge in [-0.15, -0.1) is 0 Å². The Morgan fingerprint density at radius 3 is 2.38 bits per heavy atom. The molecule has 10 heteroatoms. The van der Waals surface area contributed by atoms with Crippen LogP contribution in [0.25, 0.3) is 0 Å². The average Bonchev–Trinajstić information content (AvgIpc) is 3.27. The highest BCUT2D eigenvalue weighted by atomic mass is 32.2. The fourth-order valence-corrected chi connectivity index (χ4v) is 7.11. The van der Waals surface area contributed by atoms with Crippen molar-refractivity contribution < 1.29 is 26.4 Å². The Kier molecular flexibility index (Phi) is 4.11. The summed E-state index contributed by atoms with van der Waals surface area (Å²) in [4.78, 5) is 17.8. The van der Waals surface area contributed by atoms with Crippen molar-refractivity contribution in [3.8, 4) is 0 Å². The molecule has 4 rings (SSSR count). The van der Waals surface area contributed by atoms with Crippen LogP contribution < -0.4 is 4.90 Å². The minimum absolute atomic E-state index is 0.0178. The van der Waals surface area contributed by atoms with E-state index in [0.717, 1.165) is 25.0 Å². The van der Waals surface area contributed by atoms with Gasteiger partial charge in [0.2, 0.25) is 0 Å². The third-order valence-corrected chi connectivity index (χ3v) is 7.88. The lowest BCUT2D eigenvalue weighted by Gasteiger charge is -2.24. The number of alkyl halides is 3. The number of fused-ring (bicyclic) bond motifs is 1. The summed E-state index contributed by atoms with van der Waals surface area (Å²) in [6, 6.07) is 4.09. The number of rotatable bonds is 2. The minimum atomic E-state index is -4.45. The third kappa shape index (κ3) is 3.36. The van der Waals surface area contributed by atoms with Crippen LogP contribution in [0.15, 0.2) is 29.3 Å². The van der Waals surface area contributed by atoms with E-state index in [4.69, 9.17) is 0 Å². The van der Waals surface area contributed by atoms with Gasteiger partial charge in [-0.25, -0.2) is 8.42 Å². The number of sulfone groups is 1. The third-order valence-electron chi connectivity index (χ3n) is 4.67. The molecule has 1 amide bonds. The number of carbonyl (C=O) groups excluding carboxylic acids is 1. The number of anilines is 1. The summed E-state index contributed by atoms with van der Waals surface area (Å²) in [7, 11) is -3.22. The number of thioether (sulfide) groups is 1. The van der Waals surface area contributed by atoms with Gasteiger partial charge in [0.15, 0.2) is 15.0 Å². The molecule has 3 aliphatic rings. The van der Waals surface area contributed by atoms with Gasteiger partial charge >= 0.3 is 6.18 Å². The molecule has 0 aromatic heterocycles. The van der Waals surface area contributed by atoms with Crippen molar-refractivity contribution in [3.63, 3.8) is 0 Å². The number of carbonyl (C=O) groups is 1. The highest BCUT2D eigenvalue weighted by Gasteiger charge is 2.49. The Balaban J connectivity index is 1.69. The molecule has 1 aliphatic carbocycles. The van der Waals surface area contributed by atoms with Gasteiger partial charge < -0.3 is 4.90 Å². The van der Waals surface area contributed by atoms with Gasteiger partial charge in [-0.1, -0.05) is 11.8 Å². The van der Waals surface area contributed by atoms with E-state index >= 15 is 0 Å². The first-order valence-corrected chi connectivity index (χ1v) is 10.8. The van der Waals surface area contributed by atoms with E-state index in [-0.39, 0.29) is 28.6 Å². The van der Waals surface area contributed by atoms with Crippen molar-refractivity contribution in [2.75, 3.05) is 16.4 Å². The summed E-state index contributed by atoms with van der Waals surface area (Å²) in [6.07, 6.45) is -2.86. The van der Waals surface area contributed by atoms with E-state index in [9.17, 15) is 26.4 Å². The van der Waals surface area contributed by atoms with Crippen LogP contribution in [0.3, 0.4) is 0 Å². The molecule has 0 N–H and O–H groups in total. The molecule has 0 radical (unpaired) electrons. The molecular formula is C16H15F3N2O3S2. The van der Waals surface area contributed by atoms with E-state index in [1.807, 2.05) is 0 Å². The Morgan fingerprint density at radius 2 is 1.81 bits per heavy atom. The molecule has 0 bridgehead atoms. The van der Waals surface area contributed by atoms with E-state index in [2.05, 4.69) is 4.99 Å². The zero-order valence-electron chi connectivity index (χ0n) is 13.4. The van der Waals surface area contributed by atoms with Crippen LogP contribution in [0.1, 0.15) is 18.4 Å². The molecule has 5 nitrogen and oxygen atoms in total. The van der Waals surface area contributed by atoms with Gasteiger partial charge in [-0.3, -0.25) is 4.79 Å². The van der Waals surface area contributed by atoms with Crippen molar-refractivity contribution in [1.82, 2.24) is 0 Å². The quantitative estimate of drug-likeness (QED) is 0.758. The second-order valence-corrected chi connectivity index (χ2v) is 10.1. The number of benzene rings is 1. The molecular weight excluding hydrogens is 389 g/mol. The van der Waals surface area contributed by atoms with Gasteiger partial charge in [0.25, 0.3) is 5.91 Å². The van der Waals surface area contributed by atoms with Crippen LogP contribution in [0.4, 0.5) is 18.9 Å². The monoisotopic (exact) mass is 404 g/mol. The van der Waals surface area contributed by atoms with Crippen LogP contribution >= 0.6 is 11.8 Å². The van der Waals surface area contributed by atoms with Crippen molar-refractivity contribution in [1.29, 1.82) is 0 Å². The molecule has 2 atom stereocenters. The molecule has 1 saturated carbocycles. The molecule has 0 spiro atoms.